The highest BCUT2D eigenvalue weighted by Gasteiger charge is 2.46. The molecular weight excluding hydrogens is 540 g/mol. The van der Waals surface area contributed by atoms with Gasteiger partial charge in [-0.2, -0.15) is 4.98 Å². The first kappa shape index (κ1) is 28.2. The van der Waals surface area contributed by atoms with Gasteiger partial charge in [0, 0.05) is 24.8 Å². The second-order valence-corrected chi connectivity index (χ2v) is 10.4. The van der Waals surface area contributed by atoms with Crippen LogP contribution in [0.5, 0.6) is 0 Å². The molecule has 8 heteroatoms. The molecule has 1 aromatic heterocycles. The Balaban J connectivity index is 1.41. The van der Waals surface area contributed by atoms with Crippen molar-refractivity contribution in [1.29, 1.82) is 0 Å². The Hall–Kier alpha value is -4.89. The van der Waals surface area contributed by atoms with E-state index in [0.29, 0.717) is 18.7 Å². The molecule has 4 aromatic carbocycles. The van der Waals surface area contributed by atoms with Crippen LogP contribution in [0.3, 0.4) is 0 Å². The summed E-state index contributed by atoms with van der Waals surface area (Å²) in [5.41, 5.74) is 2.29. The lowest BCUT2D eigenvalue weighted by Crippen LogP contribution is -2.58. The van der Waals surface area contributed by atoms with E-state index in [1.807, 2.05) is 60.7 Å². The minimum atomic E-state index is -0.750. The van der Waals surface area contributed by atoms with E-state index in [9.17, 15) is 14.7 Å². The van der Waals surface area contributed by atoms with Gasteiger partial charge in [-0.05, 0) is 34.9 Å². The molecule has 0 bridgehead atoms. The maximum absolute atomic E-state index is 13.4. The number of nitrogens with zero attached hydrogens (tertiary/aromatic N) is 3. The molecule has 0 spiro atoms. The monoisotopic (exact) mass is 572 g/mol. The number of ether oxygens (including phenoxy) is 1. The van der Waals surface area contributed by atoms with Crippen molar-refractivity contribution in [2.45, 2.75) is 17.9 Å². The highest BCUT2D eigenvalue weighted by molar-refractivity contribution is 6.03. The zero-order chi connectivity index (χ0) is 29.6. The quantitative estimate of drug-likeness (QED) is 0.262. The number of benzene rings is 4. The van der Waals surface area contributed by atoms with Crippen LogP contribution in [0.4, 0.5) is 5.82 Å². The summed E-state index contributed by atoms with van der Waals surface area (Å²) in [7, 11) is 0. The first-order chi connectivity index (χ1) is 21.1. The van der Waals surface area contributed by atoms with Gasteiger partial charge in [-0.1, -0.05) is 109 Å². The van der Waals surface area contributed by atoms with E-state index in [2.05, 4.69) is 51.6 Å². The third-order valence-corrected chi connectivity index (χ3v) is 7.82. The standard InChI is InChI=1S/C35H32N4O4/c40-25-30-23-38(24-32(43-30)39-22-21-31(37-34(39)42)36-33(41)26-13-5-1-6-14-26)35(27-15-7-2-8-16-27,28-17-9-3-10-18-28)29-19-11-4-12-20-29/h1-22,30,32,40H,23-25H2,(H,36,37,41,42)/t30-,32+/m0/s1. The SMILES string of the molecule is O=C(Nc1ccn([C@H]2CN(C(c3ccccc3)(c3ccccc3)c3ccccc3)C[C@@H](CO)O2)c(=O)n1)c1ccccc1. The molecule has 0 saturated carbocycles. The summed E-state index contributed by atoms with van der Waals surface area (Å²) in [4.78, 5) is 32.4. The van der Waals surface area contributed by atoms with Crippen molar-refractivity contribution >= 4 is 11.7 Å². The lowest BCUT2D eigenvalue weighted by molar-refractivity contribution is -0.150. The van der Waals surface area contributed by atoms with E-state index >= 15 is 0 Å². The van der Waals surface area contributed by atoms with E-state index in [4.69, 9.17) is 4.74 Å². The lowest BCUT2D eigenvalue weighted by Gasteiger charge is -2.50. The molecule has 6 rings (SSSR count). The van der Waals surface area contributed by atoms with Gasteiger partial charge in [-0.15, -0.1) is 0 Å². The van der Waals surface area contributed by atoms with Gasteiger partial charge in [0.05, 0.1) is 18.2 Å². The number of carbonyl (C=O) groups excluding carboxylic acids is 1. The van der Waals surface area contributed by atoms with E-state index in [0.717, 1.165) is 16.7 Å². The van der Waals surface area contributed by atoms with Crippen molar-refractivity contribution in [3.63, 3.8) is 0 Å². The third-order valence-electron chi connectivity index (χ3n) is 7.82. The zero-order valence-electron chi connectivity index (χ0n) is 23.5. The van der Waals surface area contributed by atoms with Crippen LogP contribution >= 0.6 is 0 Å². The van der Waals surface area contributed by atoms with Crippen LogP contribution in [-0.4, -0.2) is 51.3 Å². The predicted molar refractivity (Wildman–Crippen MR) is 165 cm³/mol. The molecule has 1 amide bonds. The molecule has 1 fully saturated rings. The van der Waals surface area contributed by atoms with Gasteiger partial charge in [0.15, 0.2) is 6.23 Å². The van der Waals surface area contributed by atoms with Crippen LogP contribution in [0.1, 0.15) is 33.3 Å². The molecule has 216 valence electrons. The minimum absolute atomic E-state index is 0.147. The zero-order valence-corrected chi connectivity index (χ0v) is 23.5. The lowest BCUT2D eigenvalue weighted by atomic mass is 9.75. The fourth-order valence-electron chi connectivity index (χ4n) is 5.91. The number of aromatic nitrogens is 2. The Morgan fingerprint density at radius 2 is 1.30 bits per heavy atom. The number of aliphatic hydroxyl groups is 1. The number of nitrogens with one attached hydrogen (secondary N) is 1. The summed E-state index contributed by atoms with van der Waals surface area (Å²) >= 11 is 0. The molecule has 2 atom stereocenters. The second-order valence-electron chi connectivity index (χ2n) is 10.4. The van der Waals surface area contributed by atoms with Crippen LogP contribution in [0.2, 0.25) is 0 Å². The number of hydrogen-bond donors (Lipinski definition) is 2. The van der Waals surface area contributed by atoms with Gasteiger partial charge in [0.25, 0.3) is 5.91 Å². The van der Waals surface area contributed by atoms with Crippen molar-refractivity contribution in [3.05, 3.63) is 166 Å². The number of amides is 1. The van der Waals surface area contributed by atoms with Crippen LogP contribution < -0.4 is 11.0 Å². The second kappa shape index (κ2) is 12.5. The maximum atomic E-state index is 13.4. The highest BCUT2D eigenvalue weighted by Crippen LogP contribution is 2.44. The van der Waals surface area contributed by atoms with E-state index in [1.54, 1.807) is 36.5 Å². The van der Waals surface area contributed by atoms with Crippen LogP contribution in [0.25, 0.3) is 0 Å². The van der Waals surface area contributed by atoms with Crippen LogP contribution in [-0.2, 0) is 10.3 Å². The normalized spacial score (nSPS) is 17.3. The molecule has 0 aliphatic carbocycles. The molecule has 1 aliphatic heterocycles. The number of anilines is 1. The summed E-state index contributed by atoms with van der Waals surface area (Å²) in [5.74, 6) is -0.210. The molecule has 8 nitrogen and oxygen atoms in total. The molecule has 0 radical (unpaired) electrons. The van der Waals surface area contributed by atoms with Crippen LogP contribution in [0, 0.1) is 0 Å². The molecule has 5 aromatic rings. The molecule has 2 heterocycles. The molecule has 1 aliphatic rings. The number of hydrogen-bond acceptors (Lipinski definition) is 6. The Morgan fingerprint density at radius 1 is 0.791 bits per heavy atom. The van der Waals surface area contributed by atoms with E-state index < -0.39 is 23.6 Å². The summed E-state index contributed by atoms with van der Waals surface area (Å²) in [6, 6.07) is 41.1. The third kappa shape index (κ3) is 5.63. The summed E-state index contributed by atoms with van der Waals surface area (Å²) in [6.07, 6.45) is 0.257. The van der Waals surface area contributed by atoms with Gasteiger partial charge < -0.3 is 15.2 Å². The van der Waals surface area contributed by atoms with Gasteiger partial charge >= 0.3 is 5.69 Å². The minimum Gasteiger partial charge on any atom is -0.394 e. The Labute approximate surface area is 249 Å². The fraction of sp³-hybridized carbons (Fsp3) is 0.171. The van der Waals surface area contributed by atoms with Gasteiger partial charge in [0.1, 0.15) is 5.82 Å². The number of carbonyl (C=O) groups is 1. The van der Waals surface area contributed by atoms with E-state index in [1.165, 1.54) is 4.57 Å². The average molecular weight is 573 g/mol. The number of morpholine rings is 1. The average Bonchev–Trinajstić information content (AvgIpc) is 3.07. The molecule has 2 N–H and O–H groups in total. The number of rotatable bonds is 8. The van der Waals surface area contributed by atoms with Crippen LogP contribution in [0.15, 0.2) is 138 Å². The molecule has 1 saturated heterocycles. The molecule has 43 heavy (non-hydrogen) atoms. The number of aliphatic hydroxyl groups excluding tert-OH is 1. The first-order valence-electron chi connectivity index (χ1n) is 14.2. The topological polar surface area (TPSA) is 96.7 Å². The maximum Gasteiger partial charge on any atom is 0.351 e. The Morgan fingerprint density at radius 3 is 1.79 bits per heavy atom. The summed E-state index contributed by atoms with van der Waals surface area (Å²) < 4.78 is 7.69. The Bertz CT molecular complexity index is 1620. The van der Waals surface area contributed by atoms with Gasteiger partial charge in [0.2, 0.25) is 0 Å². The highest BCUT2D eigenvalue weighted by atomic mass is 16.5. The Kier molecular flexibility index (Phi) is 8.24. The van der Waals surface area contributed by atoms with Crippen molar-refractivity contribution in [3.8, 4) is 0 Å². The van der Waals surface area contributed by atoms with Crippen molar-refractivity contribution in [2.24, 2.45) is 0 Å². The smallest absolute Gasteiger partial charge is 0.351 e. The van der Waals surface area contributed by atoms with Crippen molar-refractivity contribution in [2.75, 3.05) is 25.0 Å². The largest absolute Gasteiger partial charge is 0.394 e. The summed E-state index contributed by atoms with van der Waals surface area (Å²) in [6.45, 7) is 0.514. The van der Waals surface area contributed by atoms with E-state index in [-0.39, 0.29) is 18.3 Å². The van der Waals surface area contributed by atoms with Crippen molar-refractivity contribution in [1.82, 2.24) is 14.5 Å². The predicted octanol–water partition coefficient (Wildman–Crippen LogP) is 4.68. The van der Waals surface area contributed by atoms with Gasteiger partial charge in [-0.3, -0.25) is 14.3 Å². The first-order valence-corrected chi connectivity index (χ1v) is 14.2. The summed E-state index contributed by atoms with van der Waals surface area (Å²) in [5, 5.41) is 13.1. The molecular formula is C35H32N4O4. The molecule has 0 unspecified atom stereocenters. The van der Waals surface area contributed by atoms with Crippen molar-refractivity contribution < 1.29 is 14.6 Å². The van der Waals surface area contributed by atoms with Gasteiger partial charge in [-0.25, -0.2) is 4.79 Å². The fourth-order valence-corrected chi connectivity index (χ4v) is 5.91.